The Labute approximate surface area is 105 Å². The van der Waals surface area contributed by atoms with E-state index < -0.39 is 0 Å². The molecule has 2 aromatic rings. The van der Waals surface area contributed by atoms with Gasteiger partial charge in [0, 0.05) is 5.92 Å². The summed E-state index contributed by atoms with van der Waals surface area (Å²) < 4.78 is 13.1. The minimum atomic E-state index is -0.295. The van der Waals surface area contributed by atoms with Crippen LogP contribution in [0.2, 0.25) is 0 Å². The molecule has 2 rings (SSSR count). The maximum Gasteiger partial charge on any atom is 0.123 e. The second-order valence-corrected chi connectivity index (χ2v) is 4.31. The highest BCUT2D eigenvalue weighted by Crippen LogP contribution is 2.22. The summed E-state index contributed by atoms with van der Waals surface area (Å²) in [5.41, 5.74) is 1.78. The molecule has 1 unspecified atom stereocenters. The van der Waals surface area contributed by atoms with Crippen LogP contribution in [-0.2, 0) is 6.42 Å². The van der Waals surface area contributed by atoms with Crippen LogP contribution in [-0.4, -0.2) is 16.8 Å². The topological polar surface area (TPSA) is 40.5 Å². The molecule has 0 bridgehead atoms. The van der Waals surface area contributed by atoms with E-state index in [1.807, 2.05) is 6.07 Å². The summed E-state index contributed by atoms with van der Waals surface area (Å²) in [6.45, 7) is -0.0374. The Morgan fingerprint density at radius 1 is 1.06 bits per heavy atom. The Morgan fingerprint density at radius 3 is 2.39 bits per heavy atom. The van der Waals surface area contributed by atoms with Crippen LogP contribution in [0.1, 0.15) is 17.0 Å². The molecular formula is C15H15FO2. The molecule has 3 heteroatoms. The van der Waals surface area contributed by atoms with Crippen LogP contribution in [0.5, 0.6) is 5.75 Å². The molecule has 0 amide bonds. The molecule has 0 aromatic heterocycles. The molecule has 0 heterocycles. The molecule has 0 spiro atoms. The Hall–Kier alpha value is -1.87. The quantitative estimate of drug-likeness (QED) is 0.870. The molecule has 0 aliphatic carbocycles. The molecule has 1 atom stereocenters. The number of phenols is 1. The lowest BCUT2D eigenvalue weighted by Gasteiger charge is -2.14. The summed E-state index contributed by atoms with van der Waals surface area (Å²) in [5.74, 6) is -0.216. The van der Waals surface area contributed by atoms with Gasteiger partial charge in [0.15, 0.2) is 0 Å². The van der Waals surface area contributed by atoms with E-state index in [9.17, 15) is 14.6 Å². The Balaban J connectivity index is 2.17. The van der Waals surface area contributed by atoms with Gasteiger partial charge in [-0.25, -0.2) is 4.39 Å². The van der Waals surface area contributed by atoms with Gasteiger partial charge in [-0.3, -0.25) is 0 Å². The first-order valence-electron chi connectivity index (χ1n) is 5.83. The molecular weight excluding hydrogens is 231 g/mol. The molecule has 0 saturated heterocycles. The second-order valence-electron chi connectivity index (χ2n) is 4.31. The third kappa shape index (κ3) is 3.08. The highest BCUT2D eigenvalue weighted by atomic mass is 19.1. The van der Waals surface area contributed by atoms with E-state index in [0.717, 1.165) is 11.1 Å². The molecule has 94 valence electrons. The SMILES string of the molecule is OCC(Cc1ccc(O)cc1)c1cccc(F)c1. The molecule has 0 aliphatic heterocycles. The van der Waals surface area contributed by atoms with Gasteiger partial charge in [-0.05, 0) is 41.8 Å². The number of benzene rings is 2. The first-order chi connectivity index (χ1) is 8.69. The molecule has 0 aliphatic rings. The number of hydrogen-bond acceptors (Lipinski definition) is 2. The van der Waals surface area contributed by atoms with Gasteiger partial charge in [-0.2, -0.15) is 0 Å². The minimum absolute atomic E-state index is 0.0374. The zero-order chi connectivity index (χ0) is 13.0. The van der Waals surface area contributed by atoms with E-state index in [0.29, 0.717) is 6.42 Å². The van der Waals surface area contributed by atoms with Gasteiger partial charge in [0.1, 0.15) is 11.6 Å². The van der Waals surface area contributed by atoms with Crippen LogP contribution in [0.4, 0.5) is 4.39 Å². The monoisotopic (exact) mass is 246 g/mol. The number of phenolic OH excluding ortho intramolecular Hbond substituents is 1. The van der Waals surface area contributed by atoms with Crippen LogP contribution < -0.4 is 0 Å². The standard InChI is InChI=1S/C15H15FO2/c16-14-3-1-2-12(9-14)13(10-17)8-11-4-6-15(18)7-5-11/h1-7,9,13,17-18H,8,10H2. The Bertz CT molecular complexity index is 508. The molecule has 0 fully saturated rings. The maximum absolute atomic E-state index is 13.1. The van der Waals surface area contributed by atoms with Crippen molar-refractivity contribution in [1.82, 2.24) is 0 Å². The molecule has 0 saturated carbocycles. The number of hydrogen-bond donors (Lipinski definition) is 2. The van der Waals surface area contributed by atoms with E-state index >= 15 is 0 Å². The van der Waals surface area contributed by atoms with Gasteiger partial charge in [-0.15, -0.1) is 0 Å². The smallest absolute Gasteiger partial charge is 0.123 e. The highest BCUT2D eigenvalue weighted by Gasteiger charge is 2.12. The normalized spacial score (nSPS) is 12.3. The van der Waals surface area contributed by atoms with Crippen LogP contribution >= 0.6 is 0 Å². The van der Waals surface area contributed by atoms with Crippen molar-refractivity contribution < 1.29 is 14.6 Å². The summed E-state index contributed by atoms with van der Waals surface area (Å²) >= 11 is 0. The molecule has 2 aromatic carbocycles. The van der Waals surface area contributed by atoms with Crippen molar-refractivity contribution >= 4 is 0 Å². The van der Waals surface area contributed by atoms with Crippen molar-refractivity contribution in [3.8, 4) is 5.75 Å². The predicted octanol–water partition coefficient (Wildman–Crippen LogP) is 2.85. The van der Waals surface area contributed by atoms with Gasteiger partial charge in [0.05, 0.1) is 6.61 Å². The van der Waals surface area contributed by atoms with Crippen LogP contribution in [0.3, 0.4) is 0 Å². The first-order valence-corrected chi connectivity index (χ1v) is 5.83. The Kier molecular flexibility index (Phi) is 3.95. The van der Waals surface area contributed by atoms with E-state index in [2.05, 4.69) is 0 Å². The average molecular weight is 246 g/mol. The van der Waals surface area contributed by atoms with Crippen LogP contribution in [0.25, 0.3) is 0 Å². The third-order valence-corrected chi connectivity index (χ3v) is 2.96. The van der Waals surface area contributed by atoms with Crippen molar-refractivity contribution in [3.05, 3.63) is 65.5 Å². The second kappa shape index (κ2) is 5.65. The zero-order valence-electron chi connectivity index (χ0n) is 9.88. The molecule has 18 heavy (non-hydrogen) atoms. The van der Waals surface area contributed by atoms with Crippen molar-refractivity contribution in [1.29, 1.82) is 0 Å². The fourth-order valence-electron chi connectivity index (χ4n) is 1.96. The lowest BCUT2D eigenvalue weighted by molar-refractivity contribution is 0.264. The minimum Gasteiger partial charge on any atom is -0.508 e. The largest absolute Gasteiger partial charge is 0.508 e. The summed E-state index contributed by atoms with van der Waals surface area (Å²) in [7, 11) is 0. The zero-order valence-corrected chi connectivity index (χ0v) is 9.88. The van der Waals surface area contributed by atoms with E-state index in [4.69, 9.17) is 0 Å². The summed E-state index contributed by atoms with van der Waals surface area (Å²) in [5, 5.41) is 18.6. The van der Waals surface area contributed by atoms with Gasteiger partial charge in [0.25, 0.3) is 0 Å². The fourth-order valence-corrected chi connectivity index (χ4v) is 1.96. The first kappa shape index (κ1) is 12.6. The lowest BCUT2D eigenvalue weighted by atomic mass is 9.92. The third-order valence-electron chi connectivity index (χ3n) is 2.96. The van der Waals surface area contributed by atoms with Gasteiger partial charge in [0.2, 0.25) is 0 Å². The van der Waals surface area contributed by atoms with Crippen LogP contribution in [0.15, 0.2) is 48.5 Å². The maximum atomic E-state index is 13.1. The van der Waals surface area contributed by atoms with Crippen molar-refractivity contribution in [2.75, 3.05) is 6.61 Å². The van der Waals surface area contributed by atoms with Gasteiger partial charge < -0.3 is 10.2 Å². The summed E-state index contributed by atoms with van der Waals surface area (Å²) in [6, 6.07) is 13.1. The van der Waals surface area contributed by atoms with Crippen molar-refractivity contribution in [2.24, 2.45) is 0 Å². The number of aromatic hydroxyl groups is 1. The molecule has 2 N–H and O–H groups in total. The number of rotatable bonds is 4. The van der Waals surface area contributed by atoms with E-state index in [-0.39, 0.29) is 24.1 Å². The van der Waals surface area contributed by atoms with Crippen molar-refractivity contribution in [3.63, 3.8) is 0 Å². The average Bonchev–Trinajstić information content (AvgIpc) is 2.38. The van der Waals surface area contributed by atoms with E-state index in [1.54, 1.807) is 30.3 Å². The predicted molar refractivity (Wildman–Crippen MR) is 68.0 cm³/mol. The molecule has 2 nitrogen and oxygen atoms in total. The lowest BCUT2D eigenvalue weighted by Crippen LogP contribution is -2.08. The van der Waals surface area contributed by atoms with Gasteiger partial charge in [-0.1, -0.05) is 24.3 Å². The molecule has 0 radical (unpaired) electrons. The fraction of sp³-hybridized carbons (Fsp3) is 0.200. The number of aliphatic hydroxyl groups excluding tert-OH is 1. The van der Waals surface area contributed by atoms with Gasteiger partial charge >= 0.3 is 0 Å². The number of halogens is 1. The van der Waals surface area contributed by atoms with Crippen molar-refractivity contribution in [2.45, 2.75) is 12.3 Å². The number of aliphatic hydroxyl groups is 1. The van der Waals surface area contributed by atoms with Crippen LogP contribution in [0, 0.1) is 5.82 Å². The highest BCUT2D eigenvalue weighted by molar-refractivity contribution is 5.29. The Morgan fingerprint density at radius 2 is 1.78 bits per heavy atom. The summed E-state index contributed by atoms with van der Waals surface area (Å²) in [6.07, 6.45) is 0.611. The van der Waals surface area contributed by atoms with E-state index in [1.165, 1.54) is 12.1 Å². The summed E-state index contributed by atoms with van der Waals surface area (Å²) in [4.78, 5) is 0.